The highest BCUT2D eigenvalue weighted by Gasteiger charge is 2.13. The number of aryl methyl sites for hydroxylation is 1. The van der Waals surface area contributed by atoms with Crippen molar-refractivity contribution in [1.29, 1.82) is 0 Å². The van der Waals surface area contributed by atoms with E-state index in [9.17, 15) is 4.79 Å². The van der Waals surface area contributed by atoms with Gasteiger partial charge < -0.3 is 14.8 Å². The second kappa shape index (κ2) is 10.9. The smallest absolute Gasteiger partial charge is 0.204 e. The summed E-state index contributed by atoms with van der Waals surface area (Å²) < 4.78 is 12.8. The van der Waals surface area contributed by atoms with Crippen LogP contribution in [0.1, 0.15) is 45.4 Å². The molecule has 0 aliphatic carbocycles. The van der Waals surface area contributed by atoms with Gasteiger partial charge in [-0.25, -0.2) is 4.98 Å². The molecular weight excluding hydrogens is 394 g/mol. The van der Waals surface area contributed by atoms with E-state index in [-0.39, 0.29) is 5.78 Å². The van der Waals surface area contributed by atoms with E-state index in [0.717, 1.165) is 54.0 Å². The van der Waals surface area contributed by atoms with Gasteiger partial charge in [-0.05, 0) is 51.8 Å². The average Bonchev–Trinajstić information content (AvgIpc) is 3.12. The van der Waals surface area contributed by atoms with Gasteiger partial charge in [0, 0.05) is 26.1 Å². The number of methoxy groups -OCH3 is 1. The van der Waals surface area contributed by atoms with Crippen molar-refractivity contribution in [3.63, 3.8) is 0 Å². The Bertz CT molecular complexity index is 1070. The summed E-state index contributed by atoms with van der Waals surface area (Å²) in [4.78, 5) is 16.5. The average molecular weight is 426 g/mol. The molecule has 0 saturated heterocycles. The van der Waals surface area contributed by atoms with E-state index in [1.807, 2.05) is 43.4 Å². The van der Waals surface area contributed by atoms with E-state index >= 15 is 0 Å². The molecular formula is C23H31N5O3. The molecule has 8 nitrogen and oxygen atoms in total. The summed E-state index contributed by atoms with van der Waals surface area (Å²) in [5, 5.41) is 11.9. The second-order valence-electron chi connectivity index (χ2n) is 7.78. The summed E-state index contributed by atoms with van der Waals surface area (Å²) >= 11 is 0. The number of anilines is 1. The van der Waals surface area contributed by atoms with Gasteiger partial charge in [0.25, 0.3) is 0 Å². The van der Waals surface area contributed by atoms with E-state index in [4.69, 9.17) is 14.5 Å². The third kappa shape index (κ3) is 6.01. The van der Waals surface area contributed by atoms with Gasteiger partial charge in [-0.3, -0.25) is 9.20 Å². The second-order valence-corrected chi connectivity index (χ2v) is 7.78. The molecule has 0 fully saturated rings. The molecule has 0 aliphatic rings. The molecule has 0 aliphatic heterocycles. The number of ether oxygens (including phenoxy) is 2. The summed E-state index contributed by atoms with van der Waals surface area (Å²) in [7, 11) is 1.65. The van der Waals surface area contributed by atoms with Crippen LogP contribution < -0.4 is 10.1 Å². The Hall–Kier alpha value is -3.00. The van der Waals surface area contributed by atoms with Crippen molar-refractivity contribution in [3.8, 4) is 5.75 Å². The monoisotopic (exact) mass is 425 g/mol. The number of hydrogen-bond acceptors (Lipinski definition) is 7. The van der Waals surface area contributed by atoms with Crippen LogP contribution in [0.2, 0.25) is 0 Å². The highest BCUT2D eigenvalue weighted by atomic mass is 16.5. The van der Waals surface area contributed by atoms with Crippen LogP contribution in [0.15, 0.2) is 29.8 Å². The van der Waals surface area contributed by atoms with Crippen LogP contribution in [0.3, 0.4) is 0 Å². The topological polar surface area (TPSA) is 90.6 Å². The highest BCUT2D eigenvalue weighted by Crippen LogP contribution is 2.25. The molecule has 166 valence electrons. The lowest BCUT2D eigenvalue weighted by Crippen LogP contribution is -2.08. The van der Waals surface area contributed by atoms with Crippen LogP contribution in [0.25, 0.3) is 16.7 Å². The van der Waals surface area contributed by atoms with Crippen LogP contribution in [0.4, 0.5) is 5.82 Å². The third-order valence-electron chi connectivity index (χ3n) is 4.85. The molecule has 0 bridgehead atoms. The van der Waals surface area contributed by atoms with E-state index in [1.54, 1.807) is 13.2 Å². The molecule has 0 radical (unpaired) electrons. The number of benzene rings is 1. The van der Waals surface area contributed by atoms with Crippen LogP contribution in [0, 0.1) is 6.92 Å². The maximum atomic E-state index is 11.8. The van der Waals surface area contributed by atoms with Crippen molar-refractivity contribution in [1.82, 2.24) is 19.6 Å². The first-order valence-electron chi connectivity index (χ1n) is 10.7. The first-order valence-corrected chi connectivity index (χ1v) is 10.7. The fraction of sp³-hybridized carbons (Fsp3) is 0.478. The summed E-state index contributed by atoms with van der Waals surface area (Å²) in [5.74, 6) is 2.45. The first-order chi connectivity index (χ1) is 15.0. The van der Waals surface area contributed by atoms with Crippen LogP contribution >= 0.6 is 0 Å². The SMILES string of the molecule is COCCOc1ccc2c(c1)nc(NCCCCCC(=O)C=C(C)C)c1nnc(C)n12. The predicted molar refractivity (Wildman–Crippen MR) is 122 cm³/mol. The quantitative estimate of drug-likeness (QED) is 0.345. The third-order valence-corrected chi connectivity index (χ3v) is 4.85. The van der Waals surface area contributed by atoms with Crippen molar-refractivity contribution in [3.05, 3.63) is 35.7 Å². The Morgan fingerprint density at radius 2 is 2.00 bits per heavy atom. The molecule has 0 saturated carbocycles. The van der Waals surface area contributed by atoms with Gasteiger partial charge in [0.1, 0.15) is 18.2 Å². The number of carbonyl (C=O) groups is 1. The summed E-state index contributed by atoms with van der Waals surface area (Å²) in [6.45, 7) is 7.58. The van der Waals surface area contributed by atoms with Crippen molar-refractivity contribution in [2.45, 2.75) is 46.5 Å². The van der Waals surface area contributed by atoms with Gasteiger partial charge in [-0.2, -0.15) is 0 Å². The van der Waals surface area contributed by atoms with E-state index in [0.29, 0.717) is 31.1 Å². The fourth-order valence-corrected chi connectivity index (χ4v) is 3.41. The maximum absolute atomic E-state index is 11.8. The van der Waals surface area contributed by atoms with Crippen molar-refractivity contribution < 1.29 is 14.3 Å². The molecule has 3 rings (SSSR count). The van der Waals surface area contributed by atoms with E-state index in [2.05, 4.69) is 15.5 Å². The summed E-state index contributed by atoms with van der Waals surface area (Å²) in [6.07, 6.45) is 5.12. The van der Waals surface area contributed by atoms with E-state index < -0.39 is 0 Å². The zero-order chi connectivity index (χ0) is 22.2. The van der Waals surface area contributed by atoms with Crippen LogP contribution in [-0.2, 0) is 9.53 Å². The van der Waals surface area contributed by atoms with Crippen molar-refractivity contribution in [2.75, 3.05) is 32.2 Å². The molecule has 1 aromatic carbocycles. The molecule has 2 heterocycles. The van der Waals surface area contributed by atoms with Crippen LogP contribution in [0.5, 0.6) is 5.75 Å². The number of nitrogens with one attached hydrogen (secondary N) is 1. The van der Waals surface area contributed by atoms with Gasteiger partial charge in [0.15, 0.2) is 11.6 Å². The molecule has 0 unspecified atom stereocenters. The number of hydrogen-bond donors (Lipinski definition) is 1. The molecule has 0 atom stereocenters. The Labute approximate surface area is 182 Å². The fourth-order valence-electron chi connectivity index (χ4n) is 3.41. The van der Waals surface area contributed by atoms with Gasteiger partial charge in [-0.15, -0.1) is 10.2 Å². The minimum absolute atomic E-state index is 0.202. The number of unbranched alkanes of at least 4 members (excludes halogenated alkanes) is 2. The zero-order valence-electron chi connectivity index (χ0n) is 18.8. The molecule has 0 amide bonds. The molecule has 0 spiro atoms. The lowest BCUT2D eigenvalue weighted by Gasteiger charge is -2.11. The number of rotatable bonds is 12. The molecule has 8 heteroatoms. The van der Waals surface area contributed by atoms with Gasteiger partial charge >= 0.3 is 0 Å². The normalized spacial score (nSPS) is 11.1. The minimum Gasteiger partial charge on any atom is -0.491 e. The lowest BCUT2D eigenvalue weighted by molar-refractivity contribution is -0.114. The van der Waals surface area contributed by atoms with E-state index in [1.165, 1.54) is 0 Å². The molecule has 31 heavy (non-hydrogen) atoms. The highest BCUT2D eigenvalue weighted by molar-refractivity contribution is 5.90. The predicted octanol–water partition coefficient (Wildman–Crippen LogP) is 4.12. The number of carbonyl (C=O) groups excluding carboxylic acids is 1. The zero-order valence-corrected chi connectivity index (χ0v) is 18.8. The number of fused-ring (bicyclic) bond motifs is 3. The summed E-state index contributed by atoms with van der Waals surface area (Å²) in [6, 6.07) is 5.81. The minimum atomic E-state index is 0.202. The van der Waals surface area contributed by atoms with Crippen molar-refractivity contribution in [2.24, 2.45) is 0 Å². The van der Waals surface area contributed by atoms with Crippen molar-refractivity contribution >= 4 is 28.3 Å². The number of ketones is 1. The Morgan fingerprint density at radius 3 is 2.77 bits per heavy atom. The standard InChI is InChI=1S/C23H31N5O3/c1-16(2)14-18(29)8-6-5-7-11-24-22-23-27-26-17(3)28(23)21-10-9-19(15-20(21)25-22)31-13-12-30-4/h9-10,14-15H,5-8,11-13H2,1-4H3,(H,24,25). The summed E-state index contributed by atoms with van der Waals surface area (Å²) in [5.41, 5.74) is 3.49. The van der Waals surface area contributed by atoms with Gasteiger partial charge in [-0.1, -0.05) is 12.0 Å². The lowest BCUT2D eigenvalue weighted by atomic mass is 10.1. The number of allylic oxidation sites excluding steroid dienone is 2. The Balaban J connectivity index is 1.67. The molecule has 1 N–H and O–H groups in total. The molecule has 3 aromatic rings. The van der Waals surface area contributed by atoms with Gasteiger partial charge in [0.2, 0.25) is 5.65 Å². The Kier molecular flexibility index (Phi) is 7.94. The number of aromatic nitrogens is 4. The van der Waals surface area contributed by atoms with Crippen LogP contribution in [-0.4, -0.2) is 52.2 Å². The largest absolute Gasteiger partial charge is 0.491 e. The molecule has 2 aromatic heterocycles. The first kappa shape index (κ1) is 22.7. The number of nitrogens with zero attached hydrogens (tertiary/aromatic N) is 4. The Morgan fingerprint density at radius 1 is 1.16 bits per heavy atom. The maximum Gasteiger partial charge on any atom is 0.204 e. The van der Waals surface area contributed by atoms with Gasteiger partial charge in [0.05, 0.1) is 17.6 Å².